The van der Waals surface area contributed by atoms with E-state index in [9.17, 15) is 5.11 Å². The molecule has 0 spiro atoms. The van der Waals surface area contributed by atoms with Crippen LogP contribution in [0.4, 0.5) is 23.1 Å². The highest BCUT2D eigenvalue weighted by Crippen LogP contribution is 2.32. The molecule has 38 heavy (non-hydrogen) atoms. The molecule has 0 fully saturated rings. The Balaban J connectivity index is 1.37. The summed E-state index contributed by atoms with van der Waals surface area (Å²) >= 11 is 6.14. The molecule has 9 nitrogen and oxygen atoms in total. The summed E-state index contributed by atoms with van der Waals surface area (Å²) in [4.78, 5) is 13.4. The maximum Gasteiger partial charge on any atom is 0.229 e. The average Bonchev–Trinajstić information content (AvgIpc) is 3.21. The first-order chi connectivity index (χ1) is 17.8. The largest absolute Gasteiger partial charge is 0.389 e. The number of aliphatic hydroxyl groups is 1. The maximum absolute atomic E-state index is 10.0. The van der Waals surface area contributed by atoms with Gasteiger partial charge in [0, 0.05) is 46.8 Å². The van der Waals surface area contributed by atoms with Gasteiger partial charge in [-0.25, -0.2) is 4.98 Å². The summed E-state index contributed by atoms with van der Waals surface area (Å²) in [6, 6.07) is 9.64. The van der Waals surface area contributed by atoms with Crippen LogP contribution < -0.4 is 16.0 Å². The van der Waals surface area contributed by atoms with Gasteiger partial charge in [0.25, 0.3) is 0 Å². The van der Waals surface area contributed by atoms with Gasteiger partial charge in [-0.3, -0.25) is 9.67 Å². The maximum atomic E-state index is 10.0. The molecule has 0 saturated heterocycles. The molecule has 0 atom stereocenters. The first kappa shape index (κ1) is 27.6. The van der Waals surface area contributed by atoms with Gasteiger partial charge in [0.05, 0.1) is 29.5 Å². The third-order valence-corrected chi connectivity index (χ3v) is 6.18. The number of nitrogens with one attached hydrogen (secondary N) is 3. The zero-order valence-electron chi connectivity index (χ0n) is 22.9. The Kier molecular flexibility index (Phi) is 7.80. The zero-order chi connectivity index (χ0) is 27.6. The minimum Gasteiger partial charge on any atom is -0.389 e. The van der Waals surface area contributed by atoms with Crippen molar-refractivity contribution in [1.29, 1.82) is 0 Å². The number of rotatable bonds is 11. The first-order valence-electron chi connectivity index (χ1n) is 12.7. The number of halogens is 1. The van der Waals surface area contributed by atoms with E-state index in [2.05, 4.69) is 63.7 Å². The number of pyridine rings is 1. The van der Waals surface area contributed by atoms with Crippen LogP contribution in [-0.2, 0) is 6.54 Å². The standard InChI is InChI=1S/C28H37ClN8O/c1-26(2,17-32-22-9-11-30-23-13-19(29)7-8-21(22)23)16-27(3,4)36-24-10-12-31-25(35-24)34-20-14-33-37(15-20)18-28(5,6)38/h7-15,38H,16-18H2,1-6H3,(H,30,32)(H2,31,34,35,36). The second kappa shape index (κ2) is 10.7. The number of fused-ring (bicyclic) bond motifs is 1. The normalized spacial score (nSPS) is 12.5. The van der Waals surface area contributed by atoms with E-state index in [1.54, 1.807) is 37.1 Å². The quantitative estimate of drug-likeness (QED) is 0.182. The molecule has 4 aromatic rings. The molecule has 0 aliphatic rings. The molecule has 0 radical (unpaired) electrons. The number of benzene rings is 1. The summed E-state index contributed by atoms with van der Waals surface area (Å²) in [6.45, 7) is 13.5. The van der Waals surface area contributed by atoms with Crippen molar-refractivity contribution in [2.24, 2.45) is 5.41 Å². The molecule has 3 aromatic heterocycles. The van der Waals surface area contributed by atoms with E-state index in [0.717, 1.165) is 41.1 Å². The lowest BCUT2D eigenvalue weighted by Crippen LogP contribution is -2.39. The van der Waals surface area contributed by atoms with Gasteiger partial charge < -0.3 is 21.1 Å². The van der Waals surface area contributed by atoms with Gasteiger partial charge in [0.1, 0.15) is 5.82 Å². The summed E-state index contributed by atoms with van der Waals surface area (Å²) in [7, 11) is 0. The van der Waals surface area contributed by atoms with Crippen molar-refractivity contribution in [3.63, 3.8) is 0 Å². The fourth-order valence-electron chi connectivity index (χ4n) is 4.79. The number of aromatic nitrogens is 5. The Morgan fingerprint density at radius 1 is 1.00 bits per heavy atom. The van der Waals surface area contributed by atoms with Crippen LogP contribution in [0.25, 0.3) is 10.9 Å². The van der Waals surface area contributed by atoms with Crippen LogP contribution in [0.3, 0.4) is 0 Å². The van der Waals surface area contributed by atoms with Crippen LogP contribution in [0.5, 0.6) is 0 Å². The summed E-state index contributed by atoms with van der Waals surface area (Å²) < 4.78 is 1.69. The molecular formula is C28H37ClN8O. The van der Waals surface area contributed by atoms with E-state index < -0.39 is 5.60 Å². The summed E-state index contributed by atoms with van der Waals surface area (Å²) in [5, 5.41) is 26.4. The van der Waals surface area contributed by atoms with Gasteiger partial charge in [0.15, 0.2) is 0 Å². The molecular weight excluding hydrogens is 500 g/mol. The molecule has 4 rings (SSSR count). The second-order valence-corrected chi connectivity index (χ2v) is 12.3. The van der Waals surface area contributed by atoms with Gasteiger partial charge in [-0.05, 0) is 69.9 Å². The third-order valence-electron chi connectivity index (χ3n) is 5.94. The zero-order valence-corrected chi connectivity index (χ0v) is 23.6. The summed E-state index contributed by atoms with van der Waals surface area (Å²) in [6.07, 6.45) is 7.93. The molecule has 202 valence electrons. The molecule has 10 heteroatoms. The van der Waals surface area contributed by atoms with Crippen LogP contribution in [0.15, 0.2) is 55.1 Å². The fourth-order valence-corrected chi connectivity index (χ4v) is 4.95. The minimum absolute atomic E-state index is 0.0261. The highest BCUT2D eigenvalue weighted by molar-refractivity contribution is 6.31. The van der Waals surface area contributed by atoms with Crippen molar-refractivity contribution in [1.82, 2.24) is 24.7 Å². The van der Waals surface area contributed by atoms with E-state index in [0.29, 0.717) is 17.5 Å². The van der Waals surface area contributed by atoms with Gasteiger partial charge in [-0.2, -0.15) is 10.1 Å². The Labute approximate surface area is 229 Å². The Bertz CT molecular complexity index is 1390. The molecule has 0 aliphatic heterocycles. The molecule has 1 aromatic carbocycles. The number of hydrogen-bond acceptors (Lipinski definition) is 8. The van der Waals surface area contributed by atoms with Gasteiger partial charge in [-0.15, -0.1) is 0 Å². The predicted octanol–water partition coefficient (Wildman–Crippen LogP) is 6.11. The lowest BCUT2D eigenvalue weighted by Gasteiger charge is -2.36. The molecule has 0 bridgehead atoms. The SMILES string of the molecule is CC(C)(O)Cn1cc(Nc2nccc(NC(C)(C)CC(C)(C)CNc3ccnc4cc(Cl)ccc34)n2)cn1. The van der Waals surface area contributed by atoms with Gasteiger partial charge >= 0.3 is 0 Å². The summed E-state index contributed by atoms with van der Waals surface area (Å²) in [5.74, 6) is 1.20. The monoisotopic (exact) mass is 536 g/mol. The Hall–Kier alpha value is -3.43. The van der Waals surface area contributed by atoms with Crippen LogP contribution in [-0.4, -0.2) is 47.5 Å². The van der Waals surface area contributed by atoms with E-state index in [1.807, 2.05) is 36.5 Å². The van der Waals surface area contributed by atoms with Crippen molar-refractivity contribution in [2.75, 3.05) is 22.5 Å². The van der Waals surface area contributed by atoms with E-state index in [4.69, 9.17) is 11.6 Å². The van der Waals surface area contributed by atoms with Crippen LogP contribution in [0, 0.1) is 5.41 Å². The van der Waals surface area contributed by atoms with Gasteiger partial charge in [0.2, 0.25) is 5.95 Å². The fraction of sp³-hybridized carbons (Fsp3) is 0.429. The van der Waals surface area contributed by atoms with Gasteiger partial charge in [-0.1, -0.05) is 25.4 Å². The summed E-state index contributed by atoms with van der Waals surface area (Å²) in [5.41, 5.74) is 1.56. The van der Waals surface area contributed by atoms with Crippen LogP contribution >= 0.6 is 11.6 Å². The number of hydrogen-bond donors (Lipinski definition) is 4. The Morgan fingerprint density at radius 3 is 2.53 bits per heavy atom. The van der Waals surface area contributed by atoms with Crippen LogP contribution in [0.1, 0.15) is 48.0 Å². The second-order valence-electron chi connectivity index (χ2n) is 11.9. The van der Waals surface area contributed by atoms with Crippen molar-refractivity contribution >= 4 is 45.6 Å². The number of nitrogens with zero attached hydrogens (tertiary/aromatic N) is 5. The molecule has 0 unspecified atom stereocenters. The highest BCUT2D eigenvalue weighted by Gasteiger charge is 2.29. The van der Waals surface area contributed by atoms with Crippen LogP contribution in [0.2, 0.25) is 5.02 Å². The molecule has 4 N–H and O–H groups in total. The van der Waals surface area contributed by atoms with E-state index in [1.165, 1.54) is 0 Å². The predicted molar refractivity (Wildman–Crippen MR) is 155 cm³/mol. The van der Waals surface area contributed by atoms with E-state index in [-0.39, 0.29) is 11.0 Å². The molecule has 3 heterocycles. The van der Waals surface area contributed by atoms with E-state index >= 15 is 0 Å². The lowest BCUT2D eigenvalue weighted by atomic mass is 9.80. The topological polar surface area (TPSA) is 113 Å². The lowest BCUT2D eigenvalue weighted by molar-refractivity contribution is 0.0578. The number of anilines is 4. The highest BCUT2D eigenvalue weighted by atomic mass is 35.5. The van der Waals surface area contributed by atoms with Crippen molar-refractivity contribution in [3.05, 3.63) is 60.1 Å². The molecule has 0 amide bonds. The minimum atomic E-state index is -0.848. The first-order valence-corrected chi connectivity index (χ1v) is 13.1. The van der Waals surface area contributed by atoms with Crippen molar-refractivity contribution < 1.29 is 5.11 Å². The molecule has 0 aliphatic carbocycles. The smallest absolute Gasteiger partial charge is 0.229 e. The van der Waals surface area contributed by atoms with Crippen molar-refractivity contribution in [3.8, 4) is 0 Å². The average molecular weight is 537 g/mol. The van der Waals surface area contributed by atoms with Crippen molar-refractivity contribution in [2.45, 2.75) is 65.6 Å². The molecule has 0 saturated carbocycles. The third kappa shape index (κ3) is 7.79. The Morgan fingerprint density at radius 2 is 1.76 bits per heavy atom.